The van der Waals surface area contributed by atoms with Gasteiger partial charge in [0.1, 0.15) is 17.9 Å². The summed E-state index contributed by atoms with van der Waals surface area (Å²) < 4.78 is 11.7. The Morgan fingerprint density at radius 3 is 2.69 bits per heavy atom. The first-order valence-electron chi connectivity index (χ1n) is 8.39. The van der Waals surface area contributed by atoms with Crippen molar-refractivity contribution >= 4 is 28.5 Å². The van der Waals surface area contributed by atoms with E-state index in [9.17, 15) is 4.79 Å². The SMILES string of the molecule is CNCCN(C)C(=O)c1oc2ccccc2c1COc1ccccc1Cl. The molecule has 0 saturated heterocycles. The maximum absolute atomic E-state index is 12.8. The first kappa shape index (κ1) is 18.3. The molecule has 3 aromatic rings. The second-order valence-electron chi connectivity index (χ2n) is 5.96. The minimum absolute atomic E-state index is 0.172. The summed E-state index contributed by atoms with van der Waals surface area (Å²) in [6.45, 7) is 1.48. The molecule has 0 aliphatic rings. The molecule has 2 aromatic carbocycles. The first-order chi connectivity index (χ1) is 12.6. The average molecular weight is 373 g/mol. The van der Waals surface area contributed by atoms with Crippen LogP contribution in [0, 0.1) is 0 Å². The highest BCUT2D eigenvalue weighted by molar-refractivity contribution is 6.32. The number of furan rings is 1. The molecule has 0 atom stereocenters. The quantitative estimate of drug-likeness (QED) is 0.682. The number of halogens is 1. The summed E-state index contributed by atoms with van der Waals surface area (Å²) in [7, 11) is 3.61. The Labute approximate surface area is 157 Å². The zero-order valence-electron chi connectivity index (χ0n) is 14.8. The van der Waals surface area contributed by atoms with Crippen LogP contribution >= 0.6 is 11.6 Å². The topological polar surface area (TPSA) is 54.7 Å². The van der Waals surface area contributed by atoms with Crippen molar-refractivity contribution in [3.63, 3.8) is 0 Å². The van der Waals surface area contributed by atoms with Crippen molar-refractivity contribution < 1.29 is 13.9 Å². The fourth-order valence-corrected chi connectivity index (χ4v) is 2.87. The second-order valence-corrected chi connectivity index (χ2v) is 6.36. The van der Waals surface area contributed by atoms with Gasteiger partial charge in [-0.05, 0) is 25.2 Å². The Bertz CT molecular complexity index is 907. The maximum Gasteiger partial charge on any atom is 0.289 e. The normalized spacial score (nSPS) is 10.9. The number of para-hydroxylation sites is 2. The van der Waals surface area contributed by atoms with Crippen LogP contribution in [0.5, 0.6) is 5.75 Å². The summed E-state index contributed by atoms with van der Waals surface area (Å²) in [5.74, 6) is 0.701. The highest BCUT2D eigenvalue weighted by atomic mass is 35.5. The fraction of sp³-hybridized carbons (Fsp3) is 0.250. The van der Waals surface area contributed by atoms with Gasteiger partial charge < -0.3 is 19.4 Å². The van der Waals surface area contributed by atoms with Crippen molar-refractivity contribution in [2.75, 3.05) is 27.2 Å². The van der Waals surface area contributed by atoms with E-state index >= 15 is 0 Å². The molecular formula is C20H21ClN2O3. The third kappa shape index (κ3) is 3.84. The molecule has 0 aliphatic heterocycles. The first-order valence-corrected chi connectivity index (χ1v) is 8.77. The number of fused-ring (bicyclic) bond motifs is 1. The number of carbonyl (C=O) groups excluding carboxylic acids is 1. The summed E-state index contributed by atoms with van der Waals surface area (Å²) in [6.07, 6.45) is 0. The van der Waals surface area contributed by atoms with Gasteiger partial charge in [-0.25, -0.2) is 0 Å². The Balaban J connectivity index is 1.92. The number of ether oxygens (including phenoxy) is 1. The van der Waals surface area contributed by atoms with Crippen LogP contribution in [0.15, 0.2) is 52.9 Å². The molecule has 6 heteroatoms. The molecular weight excluding hydrogens is 352 g/mol. The molecule has 0 unspecified atom stereocenters. The van der Waals surface area contributed by atoms with E-state index in [1.165, 1.54) is 0 Å². The number of rotatable bonds is 7. The number of benzene rings is 2. The van der Waals surface area contributed by atoms with Crippen LogP contribution in [-0.2, 0) is 6.61 Å². The molecule has 0 saturated carbocycles. The molecule has 1 aromatic heterocycles. The molecule has 3 rings (SSSR count). The lowest BCUT2D eigenvalue weighted by Gasteiger charge is -2.16. The van der Waals surface area contributed by atoms with Crippen molar-refractivity contribution in [2.24, 2.45) is 0 Å². The summed E-state index contributed by atoms with van der Waals surface area (Å²) >= 11 is 6.16. The Morgan fingerprint density at radius 2 is 1.92 bits per heavy atom. The number of amides is 1. The predicted octanol–water partition coefficient (Wildman–Crippen LogP) is 3.96. The molecule has 1 amide bonds. The standard InChI is InChI=1S/C20H21ClN2O3/c1-22-11-12-23(2)20(24)19-15(14-7-3-5-9-17(14)26-19)13-25-18-10-6-4-8-16(18)21/h3-10,22H,11-13H2,1-2H3. The lowest BCUT2D eigenvalue weighted by molar-refractivity contribution is 0.0764. The van der Waals surface area contributed by atoms with E-state index in [-0.39, 0.29) is 12.5 Å². The molecule has 1 N–H and O–H groups in total. The van der Waals surface area contributed by atoms with Crippen LogP contribution in [0.2, 0.25) is 5.02 Å². The maximum atomic E-state index is 12.8. The lowest BCUT2D eigenvalue weighted by Crippen LogP contribution is -2.33. The smallest absolute Gasteiger partial charge is 0.289 e. The van der Waals surface area contributed by atoms with Crippen LogP contribution in [-0.4, -0.2) is 38.0 Å². The summed E-state index contributed by atoms with van der Waals surface area (Å²) in [5, 5.41) is 4.43. The molecule has 5 nitrogen and oxygen atoms in total. The molecule has 0 aliphatic carbocycles. The fourth-order valence-electron chi connectivity index (χ4n) is 2.68. The molecule has 0 spiro atoms. The minimum Gasteiger partial charge on any atom is -0.487 e. The van der Waals surface area contributed by atoms with Crippen molar-refractivity contribution in [3.8, 4) is 5.75 Å². The Hall–Kier alpha value is -2.50. The molecule has 0 bridgehead atoms. The molecule has 0 fully saturated rings. The van der Waals surface area contributed by atoms with Gasteiger partial charge in [0.2, 0.25) is 0 Å². The number of hydrogen-bond donors (Lipinski definition) is 1. The van der Waals surface area contributed by atoms with Crippen molar-refractivity contribution in [1.29, 1.82) is 0 Å². The highest BCUT2D eigenvalue weighted by Crippen LogP contribution is 2.30. The lowest BCUT2D eigenvalue weighted by atomic mass is 10.1. The van der Waals surface area contributed by atoms with Crippen molar-refractivity contribution in [3.05, 3.63) is 64.9 Å². The van der Waals surface area contributed by atoms with Crippen LogP contribution in [0.25, 0.3) is 11.0 Å². The molecule has 26 heavy (non-hydrogen) atoms. The van der Waals surface area contributed by atoms with Crippen molar-refractivity contribution in [1.82, 2.24) is 10.2 Å². The van der Waals surface area contributed by atoms with Gasteiger partial charge in [0.15, 0.2) is 5.76 Å². The van der Waals surface area contributed by atoms with Gasteiger partial charge in [0.25, 0.3) is 5.91 Å². The van der Waals surface area contributed by atoms with Gasteiger partial charge in [-0.3, -0.25) is 4.79 Å². The number of hydrogen-bond acceptors (Lipinski definition) is 4. The largest absolute Gasteiger partial charge is 0.487 e. The second kappa shape index (κ2) is 8.25. The van der Waals surface area contributed by atoms with Crippen LogP contribution in [0.4, 0.5) is 0 Å². The van der Waals surface area contributed by atoms with Crippen LogP contribution in [0.3, 0.4) is 0 Å². The number of likely N-dealkylation sites (N-methyl/N-ethyl adjacent to an activating group) is 2. The van der Waals surface area contributed by atoms with E-state index in [1.807, 2.05) is 43.4 Å². The molecule has 1 heterocycles. The number of carbonyl (C=O) groups is 1. The summed E-state index contributed by atoms with van der Waals surface area (Å²) in [4.78, 5) is 14.5. The van der Waals surface area contributed by atoms with Gasteiger partial charge in [-0.1, -0.05) is 41.9 Å². The van der Waals surface area contributed by atoms with Gasteiger partial charge in [-0.2, -0.15) is 0 Å². The highest BCUT2D eigenvalue weighted by Gasteiger charge is 2.23. The van der Waals surface area contributed by atoms with E-state index < -0.39 is 0 Å². The zero-order valence-corrected chi connectivity index (χ0v) is 15.5. The zero-order chi connectivity index (χ0) is 18.5. The van der Waals surface area contributed by atoms with E-state index in [0.29, 0.717) is 35.2 Å². The number of nitrogens with zero attached hydrogens (tertiary/aromatic N) is 1. The third-order valence-electron chi connectivity index (χ3n) is 4.15. The predicted molar refractivity (Wildman–Crippen MR) is 103 cm³/mol. The van der Waals surface area contributed by atoms with Crippen LogP contribution < -0.4 is 10.1 Å². The van der Waals surface area contributed by atoms with E-state index in [0.717, 1.165) is 10.9 Å². The van der Waals surface area contributed by atoms with E-state index in [1.54, 1.807) is 24.1 Å². The van der Waals surface area contributed by atoms with E-state index in [4.69, 9.17) is 20.8 Å². The average Bonchev–Trinajstić information content (AvgIpc) is 3.03. The number of nitrogens with one attached hydrogen (secondary N) is 1. The van der Waals surface area contributed by atoms with Crippen LogP contribution in [0.1, 0.15) is 16.1 Å². The molecule has 136 valence electrons. The van der Waals surface area contributed by atoms with E-state index in [2.05, 4.69) is 5.32 Å². The molecule has 0 radical (unpaired) electrons. The van der Waals surface area contributed by atoms with Gasteiger partial charge in [-0.15, -0.1) is 0 Å². The third-order valence-corrected chi connectivity index (χ3v) is 4.46. The van der Waals surface area contributed by atoms with Gasteiger partial charge >= 0.3 is 0 Å². The summed E-state index contributed by atoms with van der Waals surface area (Å²) in [6, 6.07) is 14.8. The Kier molecular flexibility index (Phi) is 5.81. The summed E-state index contributed by atoms with van der Waals surface area (Å²) in [5.41, 5.74) is 1.39. The van der Waals surface area contributed by atoms with Gasteiger partial charge in [0.05, 0.1) is 5.02 Å². The monoisotopic (exact) mass is 372 g/mol. The van der Waals surface area contributed by atoms with Gasteiger partial charge in [0, 0.05) is 31.1 Å². The van der Waals surface area contributed by atoms with Crippen molar-refractivity contribution in [2.45, 2.75) is 6.61 Å². The Morgan fingerprint density at radius 1 is 1.19 bits per heavy atom. The minimum atomic E-state index is -0.172.